The van der Waals surface area contributed by atoms with Crippen LogP contribution in [-0.2, 0) is 19.2 Å². The SMILES string of the molecule is C[C@@]12C(=O)N(c3ccc(F)c(Cl)c3)C(=O)[C@@H]1C[C@@H]1C(=CC[C@@H]3C(=O)N(c4cccc([N+](=O)[O-])c4)C(=O)[C@@H]31)[C@@H]2c1ccccc1O. The molecule has 2 aliphatic carbocycles. The van der Waals surface area contributed by atoms with E-state index in [1.54, 1.807) is 25.1 Å². The summed E-state index contributed by atoms with van der Waals surface area (Å²) in [4.78, 5) is 69.2. The maximum atomic E-state index is 14.4. The van der Waals surface area contributed by atoms with E-state index in [-0.39, 0.29) is 40.7 Å². The monoisotopic (exact) mass is 629 g/mol. The molecule has 0 radical (unpaired) electrons. The van der Waals surface area contributed by atoms with Crippen LogP contribution in [0.2, 0.25) is 5.02 Å². The molecule has 1 N–H and O–H groups in total. The molecule has 6 atom stereocenters. The lowest BCUT2D eigenvalue weighted by Gasteiger charge is -2.49. The molecule has 3 aromatic rings. The maximum absolute atomic E-state index is 14.4. The van der Waals surface area contributed by atoms with E-state index in [0.717, 1.165) is 15.9 Å². The first-order chi connectivity index (χ1) is 21.4. The number of para-hydroxylation sites is 1. The van der Waals surface area contributed by atoms with Crippen molar-refractivity contribution >= 4 is 52.3 Å². The van der Waals surface area contributed by atoms with Crippen LogP contribution in [-0.4, -0.2) is 33.7 Å². The number of aromatic hydroxyl groups is 1. The van der Waals surface area contributed by atoms with E-state index in [2.05, 4.69) is 0 Å². The summed E-state index contributed by atoms with van der Waals surface area (Å²) in [6.07, 6.45) is 2.06. The summed E-state index contributed by atoms with van der Waals surface area (Å²) < 4.78 is 14.0. The van der Waals surface area contributed by atoms with Gasteiger partial charge in [0.1, 0.15) is 11.6 Å². The van der Waals surface area contributed by atoms with E-state index in [1.807, 2.05) is 6.08 Å². The second-order valence-electron chi connectivity index (χ2n) is 12.1. The molecule has 45 heavy (non-hydrogen) atoms. The Hall–Kier alpha value is -4.90. The van der Waals surface area contributed by atoms with E-state index >= 15 is 0 Å². The van der Waals surface area contributed by atoms with Crippen molar-refractivity contribution in [2.45, 2.75) is 25.7 Å². The third-order valence-electron chi connectivity index (χ3n) is 9.98. The first kappa shape index (κ1) is 28.8. The number of benzene rings is 3. The molecule has 0 unspecified atom stereocenters. The molecule has 3 aromatic carbocycles. The third-order valence-corrected chi connectivity index (χ3v) is 10.3. The summed E-state index contributed by atoms with van der Waals surface area (Å²) >= 11 is 6.02. The average Bonchev–Trinajstić information content (AvgIpc) is 3.38. The zero-order chi connectivity index (χ0) is 31.9. The minimum absolute atomic E-state index is 0.0609. The quantitative estimate of drug-likeness (QED) is 0.173. The number of phenols is 1. The first-order valence-corrected chi connectivity index (χ1v) is 14.8. The molecule has 7 rings (SSSR count). The smallest absolute Gasteiger partial charge is 0.271 e. The third kappa shape index (κ3) is 3.99. The number of carbonyl (C=O) groups is 4. The molecule has 0 spiro atoms. The minimum Gasteiger partial charge on any atom is -0.508 e. The van der Waals surface area contributed by atoms with Crippen LogP contribution in [0.1, 0.15) is 31.2 Å². The number of nitro groups is 1. The zero-order valence-electron chi connectivity index (χ0n) is 23.7. The summed E-state index contributed by atoms with van der Waals surface area (Å²) in [6, 6.07) is 15.4. The Labute approximate surface area is 260 Å². The number of allylic oxidation sites excluding steroid dienone is 2. The van der Waals surface area contributed by atoms with Gasteiger partial charge in [0.15, 0.2) is 0 Å². The van der Waals surface area contributed by atoms with Crippen molar-refractivity contribution in [2.24, 2.45) is 29.1 Å². The van der Waals surface area contributed by atoms with Crippen LogP contribution in [0.5, 0.6) is 5.75 Å². The average molecular weight is 630 g/mol. The Morgan fingerprint density at radius 3 is 2.38 bits per heavy atom. The molecule has 228 valence electrons. The normalized spacial score (nSPS) is 29.0. The minimum atomic E-state index is -1.41. The van der Waals surface area contributed by atoms with Crippen LogP contribution >= 0.6 is 11.6 Å². The summed E-state index contributed by atoms with van der Waals surface area (Å²) in [5.41, 5.74) is -0.435. The summed E-state index contributed by atoms with van der Waals surface area (Å²) in [6.45, 7) is 1.67. The Bertz CT molecular complexity index is 1900. The van der Waals surface area contributed by atoms with Gasteiger partial charge in [-0.2, -0.15) is 0 Å². The lowest BCUT2D eigenvalue weighted by atomic mass is 9.51. The molecular weight excluding hydrogens is 605 g/mol. The van der Waals surface area contributed by atoms with E-state index in [4.69, 9.17) is 11.6 Å². The van der Waals surface area contributed by atoms with Gasteiger partial charge in [-0.15, -0.1) is 0 Å². The standard InChI is InChI=1S/C33H25ClFN3O7/c1-33-23(30(41)37(32(33)43)17-9-12-25(35)24(34)14-17)15-22-19(28(33)20-7-2-3-8-26(20)39)10-11-21-27(22)31(42)36(29(21)40)16-5-4-6-18(13-16)38(44)45/h2-10,12-14,21-23,27-28,39H,11,15H2,1H3/t21-,22+,23-,27-,28+,33+/m0/s1. The summed E-state index contributed by atoms with van der Waals surface area (Å²) in [7, 11) is 0. The molecule has 2 aliphatic heterocycles. The molecule has 4 aliphatic rings. The molecule has 3 fully saturated rings. The number of halogens is 2. The van der Waals surface area contributed by atoms with Crippen LogP contribution in [0.3, 0.4) is 0 Å². The van der Waals surface area contributed by atoms with Gasteiger partial charge in [-0.05, 0) is 56.0 Å². The molecule has 12 heteroatoms. The topological polar surface area (TPSA) is 138 Å². The number of phenolic OH excluding ortho intramolecular Hbond substituents is 1. The molecule has 0 bridgehead atoms. The van der Waals surface area contributed by atoms with Gasteiger partial charge >= 0.3 is 0 Å². The second-order valence-corrected chi connectivity index (χ2v) is 12.5. The van der Waals surface area contributed by atoms with Crippen molar-refractivity contribution in [2.75, 3.05) is 9.80 Å². The lowest BCUT2D eigenvalue weighted by molar-refractivity contribution is -0.384. The van der Waals surface area contributed by atoms with E-state index in [1.165, 1.54) is 42.5 Å². The number of anilines is 2. The van der Waals surface area contributed by atoms with Gasteiger partial charge in [0.2, 0.25) is 23.6 Å². The predicted molar refractivity (Wildman–Crippen MR) is 160 cm³/mol. The fourth-order valence-corrected chi connectivity index (χ4v) is 8.14. The predicted octanol–water partition coefficient (Wildman–Crippen LogP) is 5.53. The van der Waals surface area contributed by atoms with Crippen molar-refractivity contribution in [3.8, 4) is 5.75 Å². The Morgan fingerprint density at radius 1 is 0.933 bits per heavy atom. The van der Waals surface area contributed by atoms with Gasteiger partial charge < -0.3 is 5.11 Å². The summed E-state index contributed by atoms with van der Waals surface area (Å²) in [5, 5.41) is 22.2. The number of fused-ring (bicyclic) bond motifs is 4. The van der Waals surface area contributed by atoms with Gasteiger partial charge in [-0.25, -0.2) is 14.2 Å². The highest BCUT2D eigenvalue weighted by atomic mass is 35.5. The highest BCUT2D eigenvalue weighted by Gasteiger charge is 2.68. The van der Waals surface area contributed by atoms with Gasteiger partial charge in [-0.1, -0.05) is 47.5 Å². The molecule has 0 aromatic heterocycles. The van der Waals surface area contributed by atoms with E-state index < -0.39 is 69.4 Å². The van der Waals surface area contributed by atoms with Crippen LogP contribution in [0.25, 0.3) is 0 Å². The Morgan fingerprint density at radius 2 is 1.67 bits per heavy atom. The van der Waals surface area contributed by atoms with Gasteiger partial charge in [0.05, 0.1) is 44.5 Å². The molecule has 4 amide bonds. The number of rotatable bonds is 4. The highest BCUT2D eigenvalue weighted by molar-refractivity contribution is 6.32. The lowest BCUT2D eigenvalue weighted by Crippen LogP contribution is -2.48. The number of hydrogen-bond acceptors (Lipinski definition) is 7. The highest BCUT2D eigenvalue weighted by Crippen LogP contribution is 2.64. The number of nitrogens with zero attached hydrogens (tertiary/aromatic N) is 3. The number of imide groups is 2. The number of carbonyl (C=O) groups excluding carboxylic acids is 4. The Kier molecular flexibility index (Phi) is 6.45. The first-order valence-electron chi connectivity index (χ1n) is 14.4. The van der Waals surface area contributed by atoms with Crippen molar-refractivity contribution in [3.63, 3.8) is 0 Å². The summed E-state index contributed by atoms with van der Waals surface area (Å²) in [5.74, 6) is -7.09. The van der Waals surface area contributed by atoms with Crippen molar-refractivity contribution in [3.05, 3.63) is 105 Å². The van der Waals surface area contributed by atoms with Crippen molar-refractivity contribution in [1.82, 2.24) is 0 Å². The van der Waals surface area contributed by atoms with Crippen LogP contribution in [0.15, 0.2) is 78.4 Å². The Balaban J connectivity index is 1.36. The number of nitro benzene ring substituents is 1. The number of amides is 4. The molecule has 2 heterocycles. The molecular formula is C33H25ClFN3O7. The molecule has 10 nitrogen and oxygen atoms in total. The molecule has 1 saturated carbocycles. The largest absolute Gasteiger partial charge is 0.508 e. The van der Waals surface area contributed by atoms with Crippen LogP contribution < -0.4 is 9.80 Å². The fraction of sp³-hybridized carbons (Fsp3) is 0.273. The van der Waals surface area contributed by atoms with E-state index in [9.17, 15) is 38.8 Å². The van der Waals surface area contributed by atoms with E-state index in [0.29, 0.717) is 11.1 Å². The van der Waals surface area contributed by atoms with Crippen molar-refractivity contribution < 1.29 is 33.6 Å². The number of non-ortho nitro benzene ring substituents is 1. The van der Waals surface area contributed by atoms with Crippen LogP contribution in [0.4, 0.5) is 21.5 Å². The van der Waals surface area contributed by atoms with Crippen LogP contribution in [0, 0.1) is 45.0 Å². The van der Waals surface area contributed by atoms with Gasteiger partial charge in [-0.3, -0.25) is 29.3 Å². The maximum Gasteiger partial charge on any atom is 0.271 e. The van der Waals surface area contributed by atoms with Gasteiger partial charge in [0.25, 0.3) is 5.69 Å². The zero-order valence-corrected chi connectivity index (χ0v) is 24.5. The fourth-order valence-electron chi connectivity index (χ4n) is 7.96. The van der Waals surface area contributed by atoms with Gasteiger partial charge in [0, 0.05) is 23.6 Å². The van der Waals surface area contributed by atoms with Crippen molar-refractivity contribution in [1.29, 1.82) is 0 Å². The molecule has 2 saturated heterocycles. The number of hydrogen-bond donors (Lipinski definition) is 1. The second kappa shape index (κ2) is 10.1.